The Hall–Kier alpha value is -1.94. The van der Waals surface area contributed by atoms with Crippen molar-refractivity contribution in [1.82, 2.24) is 23.3 Å². The third kappa shape index (κ3) is 3.93. The van der Waals surface area contributed by atoms with E-state index < -0.39 is 10.2 Å². The summed E-state index contributed by atoms with van der Waals surface area (Å²) >= 11 is 0. The summed E-state index contributed by atoms with van der Waals surface area (Å²) in [6, 6.07) is 7.77. The molecule has 4 rings (SSSR count). The van der Waals surface area contributed by atoms with Crippen LogP contribution in [0.1, 0.15) is 18.4 Å². The van der Waals surface area contributed by atoms with Crippen LogP contribution in [0.2, 0.25) is 0 Å². The average molecular weight is 406 g/mol. The second kappa shape index (κ2) is 8.20. The first-order chi connectivity index (χ1) is 13.6. The van der Waals surface area contributed by atoms with Crippen molar-refractivity contribution in [3.05, 3.63) is 42.2 Å². The Morgan fingerprint density at radius 2 is 1.68 bits per heavy atom. The molecule has 2 fully saturated rings. The van der Waals surface area contributed by atoms with Crippen molar-refractivity contribution in [3.8, 4) is 11.4 Å². The largest absolute Gasteiger partial charge is 0.494 e. The number of aromatic nitrogens is 2. The highest BCUT2D eigenvalue weighted by Gasteiger charge is 2.33. The fourth-order valence-corrected chi connectivity index (χ4v) is 5.52. The van der Waals surface area contributed by atoms with E-state index in [2.05, 4.69) is 10.00 Å². The number of ether oxygens (including phenoxy) is 1. The topological polar surface area (TPSA) is 70.9 Å². The van der Waals surface area contributed by atoms with Crippen LogP contribution in [-0.2, 0) is 16.8 Å². The van der Waals surface area contributed by atoms with Crippen LogP contribution in [0, 0.1) is 0 Å². The van der Waals surface area contributed by atoms with Gasteiger partial charge in [0, 0.05) is 57.6 Å². The van der Waals surface area contributed by atoms with Crippen LogP contribution in [0.15, 0.2) is 36.7 Å². The predicted molar refractivity (Wildman–Crippen MR) is 107 cm³/mol. The fraction of sp³-hybridized carbons (Fsp3) is 0.526. The normalized spacial score (nSPS) is 19.9. The lowest BCUT2D eigenvalue weighted by Crippen LogP contribution is -2.52. The fourth-order valence-electron chi connectivity index (χ4n) is 3.85. The molecule has 2 aliphatic heterocycles. The van der Waals surface area contributed by atoms with Crippen LogP contribution in [0.25, 0.3) is 5.69 Å². The minimum atomic E-state index is -3.29. The van der Waals surface area contributed by atoms with Crippen molar-refractivity contribution < 1.29 is 13.2 Å². The van der Waals surface area contributed by atoms with E-state index in [-0.39, 0.29) is 0 Å². The van der Waals surface area contributed by atoms with Crippen molar-refractivity contribution in [2.45, 2.75) is 19.4 Å². The van der Waals surface area contributed by atoms with Crippen LogP contribution in [0.5, 0.6) is 5.75 Å². The van der Waals surface area contributed by atoms with E-state index in [4.69, 9.17) is 4.74 Å². The van der Waals surface area contributed by atoms with Gasteiger partial charge in [0.15, 0.2) is 0 Å². The van der Waals surface area contributed by atoms with Gasteiger partial charge in [0.05, 0.1) is 13.3 Å². The summed E-state index contributed by atoms with van der Waals surface area (Å²) in [7, 11) is -1.64. The Balaban J connectivity index is 1.36. The zero-order chi connectivity index (χ0) is 19.6. The predicted octanol–water partition coefficient (Wildman–Crippen LogP) is 1.34. The van der Waals surface area contributed by atoms with Crippen LogP contribution in [0.3, 0.4) is 0 Å². The van der Waals surface area contributed by atoms with E-state index >= 15 is 0 Å². The second-order valence-electron chi connectivity index (χ2n) is 7.25. The zero-order valence-corrected chi connectivity index (χ0v) is 17.0. The molecule has 0 amide bonds. The molecule has 0 unspecified atom stereocenters. The first-order valence-corrected chi connectivity index (χ1v) is 11.1. The zero-order valence-electron chi connectivity index (χ0n) is 16.2. The molecule has 2 aromatic rings. The number of hydrogen-bond acceptors (Lipinski definition) is 5. The van der Waals surface area contributed by atoms with E-state index in [1.54, 1.807) is 15.7 Å². The quantitative estimate of drug-likeness (QED) is 0.725. The van der Waals surface area contributed by atoms with Gasteiger partial charge in [-0.1, -0.05) is 12.1 Å². The molecule has 8 nitrogen and oxygen atoms in total. The second-order valence-corrected chi connectivity index (χ2v) is 9.18. The lowest BCUT2D eigenvalue weighted by molar-refractivity contribution is 0.176. The van der Waals surface area contributed by atoms with Crippen LogP contribution in [-0.4, -0.2) is 78.1 Å². The maximum atomic E-state index is 12.7. The first-order valence-electron chi connectivity index (χ1n) is 9.72. The highest BCUT2D eigenvalue weighted by atomic mass is 32.2. The van der Waals surface area contributed by atoms with Gasteiger partial charge in [0.1, 0.15) is 11.4 Å². The molecule has 0 spiro atoms. The van der Waals surface area contributed by atoms with Crippen molar-refractivity contribution in [1.29, 1.82) is 0 Å². The van der Waals surface area contributed by atoms with E-state index in [0.717, 1.165) is 49.5 Å². The molecule has 2 aliphatic rings. The van der Waals surface area contributed by atoms with Crippen molar-refractivity contribution in [3.63, 3.8) is 0 Å². The number of methoxy groups -OCH3 is 1. The van der Waals surface area contributed by atoms with Gasteiger partial charge in [-0.05, 0) is 25.0 Å². The maximum absolute atomic E-state index is 12.7. The molecular weight excluding hydrogens is 378 g/mol. The van der Waals surface area contributed by atoms with E-state index in [0.29, 0.717) is 26.2 Å². The number of hydrogen-bond donors (Lipinski definition) is 0. The first kappa shape index (κ1) is 19.4. The average Bonchev–Trinajstić information content (AvgIpc) is 3.41. The smallest absolute Gasteiger partial charge is 0.282 e. The monoisotopic (exact) mass is 405 g/mol. The Bertz CT molecular complexity index is 900. The maximum Gasteiger partial charge on any atom is 0.282 e. The molecule has 152 valence electrons. The molecule has 0 saturated carbocycles. The molecular formula is C19H27N5O3S. The summed E-state index contributed by atoms with van der Waals surface area (Å²) in [6.45, 7) is 4.61. The minimum Gasteiger partial charge on any atom is -0.494 e. The van der Waals surface area contributed by atoms with Crippen LogP contribution < -0.4 is 4.74 Å². The van der Waals surface area contributed by atoms with Crippen LogP contribution in [0.4, 0.5) is 0 Å². The van der Waals surface area contributed by atoms with Crippen molar-refractivity contribution >= 4 is 10.2 Å². The number of para-hydroxylation sites is 2. The summed E-state index contributed by atoms with van der Waals surface area (Å²) in [6.07, 6.45) is 5.80. The van der Waals surface area contributed by atoms with E-state index in [1.165, 1.54) is 0 Å². The molecule has 0 radical (unpaired) electrons. The summed E-state index contributed by atoms with van der Waals surface area (Å²) in [5, 5.41) is 4.46. The summed E-state index contributed by atoms with van der Waals surface area (Å²) in [5.74, 6) is 0.776. The molecule has 0 N–H and O–H groups in total. The molecule has 0 atom stereocenters. The SMILES string of the molecule is COc1ccccc1-n1cc(CN2CCN(S(=O)(=O)N3CCCC3)CC2)cn1. The number of piperazine rings is 1. The standard InChI is InChI=1S/C19H27N5O3S/c1-27-19-7-3-2-6-18(19)24-16-17(14-20-24)15-21-10-12-23(13-11-21)28(25,26)22-8-4-5-9-22/h2-3,6-7,14,16H,4-5,8-13,15H2,1H3. The molecule has 9 heteroatoms. The molecule has 1 aromatic heterocycles. The summed E-state index contributed by atoms with van der Waals surface area (Å²) < 4.78 is 35.8. The van der Waals surface area contributed by atoms with Gasteiger partial charge in [-0.3, -0.25) is 4.90 Å². The molecule has 3 heterocycles. The van der Waals surface area contributed by atoms with Crippen LogP contribution >= 0.6 is 0 Å². The number of benzene rings is 1. The van der Waals surface area contributed by atoms with Gasteiger partial charge in [-0.15, -0.1) is 0 Å². The minimum absolute atomic E-state index is 0.541. The van der Waals surface area contributed by atoms with Crippen molar-refractivity contribution in [2.24, 2.45) is 0 Å². The van der Waals surface area contributed by atoms with Crippen molar-refractivity contribution in [2.75, 3.05) is 46.4 Å². The van der Waals surface area contributed by atoms with Gasteiger partial charge < -0.3 is 4.74 Å². The molecule has 2 saturated heterocycles. The van der Waals surface area contributed by atoms with Gasteiger partial charge >= 0.3 is 0 Å². The van der Waals surface area contributed by atoms with Gasteiger partial charge in [0.2, 0.25) is 0 Å². The Labute approximate surface area is 166 Å². The lowest BCUT2D eigenvalue weighted by atomic mass is 10.2. The lowest BCUT2D eigenvalue weighted by Gasteiger charge is -2.35. The third-order valence-corrected chi connectivity index (χ3v) is 7.46. The molecule has 28 heavy (non-hydrogen) atoms. The third-order valence-electron chi connectivity index (χ3n) is 5.42. The number of rotatable bonds is 6. The molecule has 0 aliphatic carbocycles. The highest BCUT2D eigenvalue weighted by Crippen LogP contribution is 2.22. The summed E-state index contributed by atoms with van der Waals surface area (Å²) in [5.41, 5.74) is 2.00. The number of nitrogens with zero attached hydrogens (tertiary/aromatic N) is 5. The van der Waals surface area contributed by atoms with E-state index in [1.807, 2.05) is 41.3 Å². The Morgan fingerprint density at radius 1 is 1.00 bits per heavy atom. The highest BCUT2D eigenvalue weighted by molar-refractivity contribution is 7.86. The van der Waals surface area contributed by atoms with Gasteiger partial charge in [-0.2, -0.15) is 22.1 Å². The summed E-state index contributed by atoms with van der Waals surface area (Å²) in [4.78, 5) is 2.28. The Kier molecular flexibility index (Phi) is 5.68. The Morgan fingerprint density at radius 3 is 2.39 bits per heavy atom. The van der Waals surface area contributed by atoms with Gasteiger partial charge in [0.25, 0.3) is 10.2 Å². The molecule has 0 bridgehead atoms. The molecule has 1 aromatic carbocycles. The van der Waals surface area contributed by atoms with E-state index in [9.17, 15) is 8.42 Å². The van der Waals surface area contributed by atoms with Gasteiger partial charge in [-0.25, -0.2) is 4.68 Å².